The van der Waals surface area contributed by atoms with Crippen LogP contribution in [-0.2, 0) is 0 Å². The standard InChI is InChI=1S/C12H8N2O3S/c15-7-3-4-9(16)8(6-7)12-13-11(14-17-12)10-2-1-5-18-10/h1-6,15-16H. The van der Waals surface area contributed by atoms with Gasteiger partial charge in [0.2, 0.25) is 5.82 Å². The number of phenolic OH excluding ortho intramolecular Hbond substituents is 2. The van der Waals surface area contributed by atoms with E-state index < -0.39 is 0 Å². The van der Waals surface area contributed by atoms with Crippen LogP contribution in [0, 0.1) is 0 Å². The van der Waals surface area contributed by atoms with Crippen LogP contribution in [0.5, 0.6) is 11.5 Å². The Hall–Kier alpha value is -2.34. The van der Waals surface area contributed by atoms with Crippen LogP contribution in [0.4, 0.5) is 0 Å². The lowest BCUT2D eigenvalue weighted by Gasteiger charge is -1.99. The molecule has 0 fully saturated rings. The van der Waals surface area contributed by atoms with Crippen molar-refractivity contribution >= 4 is 11.3 Å². The topological polar surface area (TPSA) is 79.4 Å². The van der Waals surface area contributed by atoms with Gasteiger partial charge in [0.15, 0.2) is 0 Å². The molecule has 0 atom stereocenters. The molecule has 0 saturated heterocycles. The van der Waals surface area contributed by atoms with Gasteiger partial charge in [0.1, 0.15) is 11.5 Å². The number of phenols is 2. The van der Waals surface area contributed by atoms with Gasteiger partial charge in [-0.25, -0.2) is 0 Å². The number of aromatic hydroxyl groups is 2. The molecule has 3 rings (SSSR count). The van der Waals surface area contributed by atoms with Crippen LogP contribution in [0.3, 0.4) is 0 Å². The van der Waals surface area contributed by atoms with Crippen molar-refractivity contribution in [1.29, 1.82) is 0 Å². The van der Waals surface area contributed by atoms with Crippen molar-refractivity contribution in [2.45, 2.75) is 0 Å². The molecule has 0 radical (unpaired) electrons. The first-order chi connectivity index (χ1) is 8.74. The summed E-state index contributed by atoms with van der Waals surface area (Å²) in [6.07, 6.45) is 0. The van der Waals surface area contributed by atoms with Gasteiger partial charge < -0.3 is 14.7 Å². The van der Waals surface area contributed by atoms with E-state index >= 15 is 0 Å². The Morgan fingerprint density at radius 1 is 1.17 bits per heavy atom. The van der Waals surface area contributed by atoms with Crippen molar-refractivity contribution in [2.24, 2.45) is 0 Å². The van der Waals surface area contributed by atoms with Gasteiger partial charge in [0, 0.05) is 0 Å². The number of hydrogen-bond donors (Lipinski definition) is 2. The van der Waals surface area contributed by atoms with Crippen molar-refractivity contribution in [3.63, 3.8) is 0 Å². The zero-order valence-electron chi connectivity index (χ0n) is 9.07. The summed E-state index contributed by atoms with van der Waals surface area (Å²) in [5.74, 6) is 0.641. The first-order valence-electron chi connectivity index (χ1n) is 5.14. The van der Waals surface area contributed by atoms with Gasteiger partial charge >= 0.3 is 0 Å². The summed E-state index contributed by atoms with van der Waals surface area (Å²) in [6, 6.07) is 7.90. The van der Waals surface area contributed by atoms with Gasteiger partial charge in [-0.1, -0.05) is 11.2 Å². The van der Waals surface area contributed by atoms with Crippen molar-refractivity contribution in [3.8, 4) is 33.7 Å². The van der Waals surface area contributed by atoms with E-state index in [0.29, 0.717) is 11.4 Å². The number of benzene rings is 1. The lowest BCUT2D eigenvalue weighted by Crippen LogP contribution is -1.80. The van der Waals surface area contributed by atoms with Crippen LogP contribution in [0.1, 0.15) is 0 Å². The smallest absolute Gasteiger partial charge is 0.262 e. The highest BCUT2D eigenvalue weighted by atomic mass is 32.1. The minimum Gasteiger partial charge on any atom is -0.508 e. The summed E-state index contributed by atoms with van der Waals surface area (Å²) in [4.78, 5) is 5.07. The van der Waals surface area contributed by atoms with Crippen LogP contribution < -0.4 is 0 Å². The first kappa shape index (κ1) is 10.8. The maximum absolute atomic E-state index is 9.69. The predicted molar refractivity (Wildman–Crippen MR) is 66.4 cm³/mol. The summed E-state index contributed by atoms with van der Waals surface area (Å²) in [7, 11) is 0. The van der Waals surface area contributed by atoms with Gasteiger partial charge in [-0.05, 0) is 29.6 Å². The third-order valence-corrected chi connectivity index (χ3v) is 3.24. The molecule has 0 aliphatic carbocycles. The summed E-state index contributed by atoms with van der Waals surface area (Å²) in [5.41, 5.74) is 0.310. The van der Waals surface area contributed by atoms with Crippen LogP contribution in [0.15, 0.2) is 40.2 Å². The Morgan fingerprint density at radius 3 is 2.83 bits per heavy atom. The summed E-state index contributed by atoms with van der Waals surface area (Å²) >= 11 is 1.50. The Balaban J connectivity index is 2.05. The normalized spacial score (nSPS) is 10.7. The highest BCUT2D eigenvalue weighted by Crippen LogP contribution is 2.32. The van der Waals surface area contributed by atoms with E-state index in [4.69, 9.17) is 4.52 Å². The SMILES string of the molecule is Oc1ccc(O)c(-c2nc(-c3cccs3)no2)c1. The van der Waals surface area contributed by atoms with Gasteiger partial charge in [0.05, 0.1) is 10.4 Å². The van der Waals surface area contributed by atoms with Gasteiger partial charge in [-0.2, -0.15) is 4.98 Å². The van der Waals surface area contributed by atoms with E-state index in [9.17, 15) is 10.2 Å². The van der Waals surface area contributed by atoms with E-state index in [1.54, 1.807) is 0 Å². The molecule has 90 valence electrons. The molecule has 0 spiro atoms. The molecule has 0 bridgehead atoms. The number of hydrogen-bond acceptors (Lipinski definition) is 6. The zero-order chi connectivity index (χ0) is 12.5. The molecule has 2 aromatic heterocycles. The minimum absolute atomic E-state index is 0.0193. The zero-order valence-corrected chi connectivity index (χ0v) is 9.89. The molecule has 0 amide bonds. The molecule has 0 saturated carbocycles. The average Bonchev–Trinajstić information content (AvgIpc) is 3.00. The van der Waals surface area contributed by atoms with Crippen molar-refractivity contribution < 1.29 is 14.7 Å². The second kappa shape index (κ2) is 4.15. The molecule has 0 aliphatic heterocycles. The van der Waals surface area contributed by atoms with E-state index in [-0.39, 0.29) is 17.4 Å². The van der Waals surface area contributed by atoms with Gasteiger partial charge in [-0.3, -0.25) is 0 Å². The number of thiophene rings is 1. The quantitative estimate of drug-likeness (QED) is 0.692. The number of rotatable bonds is 2. The second-order valence-electron chi connectivity index (χ2n) is 3.60. The Labute approximate surface area is 106 Å². The molecule has 5 nitrogen and oxygen atoms in total. The van der Waals surface area contributed by atoms with Crippen molar-refractivity contribution in [1.82, 2.24) is 10.1 Å². The Morgan fingerprint density at radius 2 is 2.06 bits per heavy atom. The first-order valence-corrected chi connectivity index (χ1v) is 6.02. The summed E-state index contributed by atoms with van der Waals surface area (Å²) in [5, 5.41) is 24.8. The van der Waals surface area contributed by atoms with Crippen LogP contribution in [0.2, 0.25) is 0 Å². The lowest BCUT2D eigenvalue weighted by molar-refractivity contribution is 0.423. The van der Waals surface area contributed by atoms with Crippen LogP contribution in [-0.4, -0.2) is 20.4 Å². The molecule has 18 heavy (non-hydrogen) atoms. The second-order valence-corrected chi connectivity index (χ2v) is 4.55. The molecule has 3 aromatic rings. The van der Waals surface area contributed by atoms with Gasteiger partial charge in [0.25, 0.3) is 5.89 Å². The van der Waals surface area contributed by atoms with Crippen LogP contribution in [0.25, 0.3) is 22.2 Å². The molecular weight excluding hydrogens is 252 g/mol. The maximum Gasteiger partial charge on any atom is 0.262 e. The molecule has 6 heteroatoms. The maximum atomic E-state index is 9.69. The van der Waals surface area contributed by atoms with E-state index in [0.717, 1.165) is 4.88 Å². The molecule has 1 aromatic carbocycles. The highest BCUT2D eigenvalue weighted by Gasteiger charge is 2.14. The number of nitrogens with zero attached hydrogens (tertiary/aromatic N) is 2. The fourth-order valence-corrected chi connectivity index (χ4v) is 2.18. The third kappa shape index (κ3) is 1.82. The van der Waals surface area contributed by atoms with Gasteiger partial charge in [-0.15, -0.1) is 11.3 Å². The molecule has 0 aliphatic rings. The third-order valence-electron chi connectivity index (χ3n) is 2.38. The predicted octanol–water partition coefficient (Wildman–Crippen LogP) is 2.88. The molecule has 2 heterocycles. The van der Waals surface area contributed by atoms with Crippen LogP contribution >= 0.6 is 11.3 Å². The molecule has 0 unspecified atom stereocenters. The number of aromatic nitrogens is 2. The summed E-state index contributed by atoms with van der Waals surface area (Å²) in [6.45, 7) is 0. The average molecular weight is 260 g/mol. The van der Waals surface area contributed by atoms with Crippen molar-refractivity contribution in [3.05, 3.63) is 35.7 Å². The molecular formula is C12H8N2O3S. The van der Waals surface area contributed by atoms with E-state index in [1.807, 2.05) is 17.5 Å². The minimum atomic E-state index is -0.0193. The Kier molecular flexibility index (Phi) is 2.49. The monoisotopic (exact) mass is 260 g/mol. The van der Waals surface area contributed by atoms with E-state index in [1.165, 1.54) is 29.5 Å². The lowest BCUT2D eigenvalue weighted by atomic mass is 10.2. The fourth-order valence-electron chi connectivity index (χ4n) is 1.53. The Bertz CT molecular complexity index is 676. The largest absolute Gasteiger partial charge is 0.508 e. The highest BCUT2D eigenvalue weighted by molar-refractivity contribution is 7.13. The summed E-state index contributed by atoms with van der Waals surface area (Å²) < 4.78 is 5.08. The van der Waals surface area contributed by atoms with E-state index in [2.05, 4.69) is 10.1 Å². The van der Waals surface area contributed by atoms with Crippen molar-refractivity contribution in [2.75, 3.05) is 0 Å². The molecule has 2 N–H and O–H groups in total. The fraction of sp³-hybridized carbons (Fsp3) is 0.